The van der Waals surface area contributed by atoms with Crippen LogP contribution in [-0.2, 0) is 26.2 Å². The minimum atomic E-state index is -3.39. The molecular formula is C18H25N3O4S. The standard InChI is InChI=1S/C18H25N3O4S/c1-26(24,25)21-11-5-8-16(21)18(23)19-15-7-4-6-14(12-15)13-20-10-3-2-9-17(20)22/h4,6-7,12,16H,2-3,5,8-11,13H2,1H3,(H,19,23)/t16-/m0/s1. The summed E-state index contributed by atoms with van der Waals surface area (Å²) < 4.78 is 24.9. The summed E-state index contributed by atoms with van der Waals surface area (Å²) in [6.07, 6.45) is 4.91. The molecule has 26 heavy (non-hydrogen) atoms. The van der Waals surface area contributed by atoms with Gasteiger partial charge in [-0.15, -0.1) is 0 Å². The van der Waals surface area contributed by atoms with Crippen molar-refractivity contribution in [2.24, 2.45) is 0 Å². The van der Waals surface area contributed by atoms with Crippen LogP contribution < -0.4 is 5.32 Å². The second-order valence-corrected chi connectivity index (χ2v) is 8.93. The number of carbonyl (C=O) groups excluding carboxylic acids is 2. The van der Waals surface area contributed by atoms with E-state index in [9.17, 15) is 18.0 Å². The summed E-state index contributed by atoms with van der Waals surface area (Å²) in [7, 11) is -3.39. The molecular weight excluding hydrogens is 354 g/mol. The molecule has 0 radical (unpaired) electrons. The molecule has 0 spiro atoms. The van der Waals surface area contributed by atoms with Gasteiger partial charge in [0.05, 0.1) is 6.26 Å². The number of piperidine rings is 1. The molecule has 1 atom stereocenters. The molecule has 2 saturated heterocycles. The average Bonchev–Trinajstić information content (AvgIpc) is 3.07. The number of nitrogens with one attached hydrogen (secondary N) is 1. The maximum Gasteiger partial charge on any atom is 0.242 e. The van der Waals surface area contributed by atoms with Crippen LogP contribution in [0.25, 0.3) is 0 Å². The number of amides is 2. The second kappa shape index (κ2) is 7.75. The van der Waals surface area contributed by atoms with Gasteiger partial charge in [0.25, 0.3) is 0 Å². The molecule has 1 aromatic carbocycles. The first-order valence-corrected chi connectivity index (χ1v) is 10.8. The average molecular weight is 379 g/mol. The van der Waals surface area contributed by atoms with Crippen LogP contribution >= 0.6 is 0 Å². The third-order valence-corrected chi connectivity index (χ3v) is 6.21. The minimum Gasteiger partial charge on any atom is -0.338 e. The number of likely N-dealkylation sites (tertiary alicyclic amines) is 1. The second-order valence-electron chi connectivity index (χ2n) is 6.99. The van der Waals surface area contributed by atoms with Crippen LogP contribution in [0.3, 0.4) is 0 Å². The van der Waals surface area contributed by atoms with E-state index >= 15 is 0 Å². The Morgan fingerprint density at radius 3 is 2.77 bits per heavy atom. The molecule has 2 aliphatic rings. The van der Waals surface area contributed by atoms with Gasteiger partial charge in [0, 0.05) is 31.7 Å². The van der Waals surface area contributed by atoms with Gasteiger partial charge >= 0.3 is 0 Å². The molecule has 0 saturated carbocycles. The van der Waals surface area contributed by atoms with E-state index in [-0.39, 0.29) is 11.8 Å². The SMILES string of the molecule is CS(=O)(=O)N1CCC[C@H]1C(=O)Nc1cccc(CN2CCCCC2=O)c1. The van der Waals surface area contributed by atoms with E-state index in [0.717, 1.165) is 31.2 Å². The Balaban J connectivity index is 1.66. The molecule has 2 amide bonds. The fraction of sp³-hybridized carbons (Fsp3) is 0.556. The highest BCUT2D eigenvalue weighted by atomic mass is 32.2. The van der Waals surface area contributed by atoms with Crippen molar-refractivity contribution in [2.45, 2.75) is 44.7 Å². The van der Waals surface area contributed by atoms with Crippen LogP contribution in [0.2, 0.25) is 0 Å². The largest absolute Gasteiger partial charge is 0.338 e. The number of nitrogens with zero attached hydrogens (tertiary/aromatic N) is 2. The van der Waals surface area contributed by atoms with Crippen molar-refractivity contribution >= 4 is 27.5 Å². The third-order valence-electron chi connectivity index (χ3n) is 4.92. The smallest absolute Gasteiger partial charge is 0.242 e. The first-order chi connectivity index (χ1) is 12.3. The number of sulfonamides is 1. The maximum absolute atomic E-state index is 12.5. The van der Waals surface area contributed by atoms with Gasteiger partial charge < -0.3 is 10.2 Å². The van der Waals surface area contributed by atoms with E-state index in [4.69, 9.17) is 0 Å². The normalized spacial score (nSPS) is 21.8. The van der Waals surface area contributed by atoms with Gasteiger partial charge in [-0.05, 0) is 43.4 Å². The Hall–Kier alpha value is -1.93. The van der Waals surface area contributed by atoms with Crippen LogP contribution in [0.4, 0.5) is 5.69 Å². The van der Waals surface area contributed by atoms with Crippen molar-refractivity contribution in [1.82, 2.24) is 9.21 Å². The first-order valence-electron chi connectivity index (χ1n) is 8.99. The van der Waals surface area contributed by atoms with Crippen LogP contribution in [0.15, 0.2) is 24.3 Å². The van der Waals surface area contributed by atoms with Crippen molar-refractivity contribution in [3.8, 4) is 0 Å². The lowest BCUT2D eigenvalue weighted by molar-refractivity contribution is -0.133. The number of anilines is 1. The van der Waals surface area contributed by atoms with Gasteiger partial charge in [0.2, 0.25) is 21.8 Å². The zero-order valence-corrected chi connectivity index (χ0v) is 15.8. The molecule has 1 N–H and O–H groups in total. The van der Waals surface area contributed by atoms with E-state index in [1.807, 2.05) is 23.1 Å². The third kappa shape index (κ3) is 4.42. The summed E-state index contributed by atoms with van der Waals surface area (Å²) in [4.78, 5) is 26.3. The Kier molecular flexibility index (Phi) is 5.62. The van der Waals surface area contributed by atoms with Crippen molar-refractivity contribution in [3.63, 3.8) is 0 Å². The van der Waals surface area contributed by atoms with Crippen LogP contribution in [0.5, 0.6) is 0 Å². The number of carbonyl (C=O) groups is 2. The molecule has 2 aliphatic heterocycles. The number of hydrogen-bond donors (Lipinski definition) is 1. The summed E-state index contributed by atoms with van der Waals surface area (Å²) in [5, 5.41) is 2.83. The van der Waals surface area contributed by atoms with Gasteiger partial charge in [0.15, 0.2) is 0 Å². The molecule has 1 aromatic rings. The van der Waals surface area contributed by atoms with Crippen molar-refractivity contribution < 1.29 is 18.0 Å². The van der Waals surface area contributed by atoms with E-state index < -0.39 is 16.1 Å². The highest BCUT2D eigenvalue weighted by Gasteiger charge is 2.36. The minimum absolute atomic E-state index is 0.167. The van der Waals surface area contributed by atoms with Gasteiger partial charge in [-0.25, -0.2) is 8.42 Å². The molecule has 0 bridgehead atoms. The van der Waals surface area contributed by atoms with E-state index in [1.54, 1.807) is 6.07 Å². The zero-order chi connectivity index (χ0) is 18.7. The molecule has 8 heteroatoms. The molecule has 0 aliphatic carbocycles. The topological polar surface area (TPSA) is 86.8 Å². The number of benzene rings is 1. The lowest BCUT2D eigenvalue weighted by Crippen LogP contribution is -2.42. The fourth-order valence-electron chi connectivity index (χ4n) is 3.62. The van der Waals surface area contributed by atoms with Crippen LogP contribution in [0, 0.1) is 0 Å². The van der Waals surface area contributed by atoms with E-state index in [1.165, 1.54) is 4.31 Å². The molecule has 2 heterocycles. The molecule has 7 nitrogen and oxygen atoms in total. The number of hydrogen-bond acceptors (Lipinski definition) is 4. The van der Waals surface area contributed by atoms with Gasteiger partial charge in [0.1, 0.15) is 6.04 Å². The maximum atomic E-state index is 12.5. The lowest BCUT2D eigenvalue weighted by Gasteiger charge is -2.27. The van der Waals surface area contributed by atoms with Gasteiger partial charge in [-0.1, -0.05) is 12.1 Å². The molecule has 2 fully saturated rings. The fourth-order valence-corrected chi connectivity index (χ4v) is 4.75. The Bertz CT molecular complexity index is 793. The summed E-state index contributed by atoms with van der Waals surface area (Å²) in [6, 6.07) is 6.73. The summed E-state index contributed by atoms with van der Waals surface area (Å²) in [5.41, 5.74) is 1.57. The van der Waals surface area contributed by atoms with Crippen molar-refractivity contribution in [1.29, 1.82) is 0 Å². The summed E-state index contributed by atoms with van der Waals surface area (Å²) >= 11 is 0. The Morgan fingerprint density at radius 1 is 1.23 bits per heavy atom. The predicted octanol–water partition coefficient (Wildman–Crippen LogP) is 1.56. The van der Waals surface area contributed by atoms with E-state index in [0.29, 0.717) is 38.0 Å². The van der Waals surface area contributed by atoms with Crippen LogP contribution in [-0.4, -0.2) is 54.8 Å². The van der Waals surface area contributed by atoms with Crippen LogP contribution in [0.1, 0.15) is 37.7 Å². The summed E-state index contributed by atoms with van der Waals surface area (Å²) in [5.74, 6) is -0.139. The molecule has 142 valence electrons. The monoisotopic (exact) mass is 379 g/mol. The van der Waals surface area contributed by atoms with Gasteiger partial charge in [-0.2, -0.15) is 4.31 Å². The van der Waals surface area contributed by atoms with E-state index in [2.05, 4.69) is 5.32 Å². The highest BCUT2D eigenvalue weighted by molar-refractivity contribution is 7.88. The van der Waals surface area contributed by atoms with Gasteiger partial charge in [-0.3, -0.25) is 9.59 Å². The Labute approximate surface area is 154 Å². The summed E-state index contributed by atoms with van der Waals surface area (Å²) in [6.45, 7) is 1.68. The lowest BCUT2D eigenvalue weighted by atomic mass is 10.1. The van der Waals surface area contributed by atoms with Crippen molar-refractivity contribution in [3.05, 3.63) is 29.8 Å². The highest BCUT2D eigenvalue weighted by Crippen LogP contribution is 2.23. The Morgan fingerprint density at radius 2 is 2.04 bits per heavy atom. The molecule has 0 unspecified atom stereocenters. The number of rotatable bonds is 5. The molecule has 3 rings (SSSR count). The molecule has 0 aromatic heterocycles. The van der Waals surface area contributed by atoms with Crippen molar-refractivity contribution in [2.75, 3.05) is 24.7 Å². The first kappa shape index (κ1) is 18.8. The predicted molar refractivity (Wildman–Crippen MR) is 98.9 cm³/mol. The quantitative estimate of drug-likeness (QED) is 0.841. The zero-order valence-electron chi connectivity index (χ0n) is 15.0.